The second-order valence-electron chi connectivity index (χ2n) is 5.79. The van der Waals surface area contributed by atoms with Gasteiger partial charge in [0.1, 0.15) is 5.82 Å². The number of nitrogens with zero attached hydrogens (tertiary/aromatic N) is 2. The molecular formula is C13H18N2O2. The van der Waals surface area contributed by atoms with E-state index in [9.17, 15) is 9.90 Å². The van der Waals surface area contributed by atoms with Crippen LogP contribution in [0.1, 0.15) is 56.8 Å². The molecule has 1 atom stereocenters. The molecule has 0 amide bonds. The second kappa shape index (κ2) is 4.09. The molecule has 0 bridgehead atoms. The monoisotopic (exact) mass is 234 g/mol. The minimum absolute atomic E-state index is 0.337. The molecule has 1 aliphatic rings. The molecule has 1 heterocycles. The lowest BCUT2D eigenvalue weighted by molar-refractivity contribution is -0.141. The van der Waals surface area contributed by atoms with Gasteiger partial charge in [0.05, 0.1) is 5.92 Å². The van der Waals surface area contributed by atoms with Crippen molar-refractivity contribution in [3.63, 3.8) is 0 Å². The Bertz CT molecular complexity index is 416. The maximum Gasteiger partial charge on any atom is 0.311 e. The molecule has 0 aliphatic heterocycles. The van der Waals surface area contributed by atoms with Crippen molar-refractivity contribution in [3.8, 4) is 0 Å². The van der Waals surface area contributed by atoms with Crippen LogP contribution in [0.5, 0.6) is 0 Å². The van der Waals surface area contributed by atoms with E-state index in [4.69, 9.17) is 0 Å². The van der Waals surface area contributed by atoms with Gasteiger partial charge in [0.2, 0.25) is 0 Å². The third kappa shape index (κ3) is 2.62. The molecule has 1 unspecified atom stereocenters. The third-order valence-electron chi connectivity index (χ3n) is 3.08. The number of aromatic nitrogens is 2. The zero-order valence-corrected chi connectivity index (χ0v) is 10.5. The number of carbonyl (C=O) groups is 1. The second-order valence-corrected chi connectivity index (χ2v) is 5.79. The SMILES string of the molecule is CC(C)(C)C(C(=O)O)c1cnc(C2CC2)nc1. The van der Waals surface area contributed by atoms with Crippen molar-refractivity contribution >= 4 is 5.97 Å². The summed E-state index contributed by atoms with van der Waals surface area (Å²) in [6.45, 7) is 5.75. The first-order valence-corrected chi connectivity index (χ1v) is 5.94. The lowest BCUT2D eigenvalue weighted by Crippen LogP contribution is -2.26. The topological polar surface area (TPSA) is 63.1 Å². The van der Waals surface area contributed by atoms with Gasteiger partial charge in [-0.3, -0.25) is 4.79 Å². The molecule has 1 aromatic rings. The van der Waals surface area contributed by atoms with Crippen LogP contribution < -0.4 is 0 Å². The summed E-state index contributed by atoms with van der Waals surface area (Å²) in [5.41, 5.74) is 0.352. The zero-order chi connectivity index (χ0) is 12.6. The van der Waals surface area contributed by atoms with Gasteiger partial charge < -0.3 is 5.11 Å². The maximum atomic E-state index is 11.3. The number of carboxylic acid groups (broad SMARTS) is 1. The van der Waals surface area contributed by atoms with Gasteiger partial charge in [-0.1, -0.05) is 20.8 Å². The predicted octanol–water partition coefficient (Wildman–Crippen LogP) is 2.57. The van der Waals surface area contributed by atoms with E-state index >= 15 is 0 Å². The Hall–Kier alpha value is -1.45. The van der Waals surface area contributed by atoms with Gasteiger partial charge in [-0.05, 0) is 18.3 Å². The molecule has 4 heteroatoms. The summed E-state index contributed by atoms with van der Waals surface area (Å²) in [4.78, 5) is 19.9. The highest BCUT2D eigenvalue weighted by Crippen LogP contribution is 2.39. The molecular weight excluding hydrogens is 216 g/mol. The van der Waals surface area contributed by atoms with Gasteiger partial charge in [-0.2, -0.15) is 0 Å². The molecule has 17 heavy (non-hydrogen) atoms. The van der Waals surface area contributed by atoms with Crippen LogP contribution in [0.2, 0.25) is 0 Å². The van der Waals surface area contributed by atoms with Crippen LogP contribution in [0, 0.1) is 5.41 Å². The third-order valence-corrected chi connectivity index (χ3v) is 3.08. The van der Waals surface area contributed by atoms with Gasteiger partial charge in [0.15, 0.2) is 0 Å². The molecule has 0 radical (unpaired) electrons. The van der Waals surface area contributed by atoms with Crippen LogP contribution in [0.15, 0.2) is 12.4 Å². The average Bonchev–Trinajstić information content (AvgIpc) is 2.99. The highest BCUT2D eigenvalue weighted by atomic mass is 16.4. The summed E-state index contributed by atoms with van der Waals surface area (Å²) in [5.74, 6) is -0.0233. The summed E-state index contributed by atoms with van der Waals surface area (Å²) in [6.07, 6.45) is 5.65. The summed E-state index contributed by atoms with van der Waals surface area (Å²) in [7, 11) is 0. The van der Waals surface area contributed by atoms with E-state index < -0.39 is 11.9 Å². The smallest absolute Gasteiger partial charge is 0.311 e. The van der Waals surface area contributed by atoms with Crippen molar-refractivity contribution in [2.45, 2.75) is 45.4 Å². The largest absolute Gasteiger partial charge is 0.481 e. The molecule has 4 nitrogen and oxygen atoms in total. The first-order chi connectivity index (χ1) is 7.89. The maximum absolute atomic E-state index is 11.3. The highest BCUT2D eigenvalue weighted by Gasteiger charge is 2.34. The van der Waals surface area contributed by atoms with Gasteiger partial charge in [0, 0.05) is 23.9 Å². The van der Waals surface area contributed by atoms with E-state index in [0.29, 0.717) is 11.5 Å². The standard InChI is InChI=1S/C13H18N2O2/c1-13(2,3)10(12(16)17)9-6-14-11(15-7-9)8-4-5-8/h6-8,10H,4-5H2,1-3H3,(H,16,17). The zero-order valence-electron chi connectivity index (χ0n) is 10.5. The summed E-state index contributed by atoms with van der Waals surface area (Å²) >= 11 is 0. The van der Waals surface area contributed by atoms with Crippen LogP contribution in [0.4, 0.5) is 0 Å². The summed E-state index contributed by atoms with van der Waals surface area (Å²) in [5, 5.41) is 9.30. The molecule has 1 fully saturated rings. The number of carboxylic acids is 1. The molecule has 1 N–H and O–H groups in total. The Labute approximate surface area is 101 Å². The molecule has 0 saturated heterocycles. The number of rotatable bonds is 3. The fourth-order valence-electron chi connectivity index (χ4n) is 2.06. The Morgan fingerprint density at radius 1 is 1.35 bits per heavy atom. The Morgan fingerprint density at radius 3 is 2.24 bits per heavy atom. The van der Waals surface area contributed by atoms with E-state index in [-0.39, 0.29) is 5.41 Å². The molecule has 0 aromatic carbocycles. The number of aliphatic carboxylic acids is 1. The van der Waals surface area contributed by atoms with Crippen molar-refractivity contribution in [2.75, 3.05) is 0 Å². The van der Waals surface area contributed by atoms with Crippen LogP contribution >= 0.6 is 0 Å². The molecule has 1 saturated carbocycles. The minimum Gasteiger partial charge on any atom is -0.481 e. The Morgan fingerprint density at radius 2 is 1.88 bits per heavy atom. The number of hydrogen-bond donors (Lipinski definition) is 1. The molecule has 0 spiro atoms. The first kappa shape index (κ1) is 12.0. The summed E-state index contributed by atoms with van der Waals surface area (Å²) < 4.78 is 0. The van der Waals surface area contributed by atoms with Crippen molar-refractivity contribution in [2.24, 2.45) is 5.41 Å². The van der Waals surface area contributed by atoms with Gasteiger partial charge in [0.25, 0.3) is 0 Å². The first-order valence-electron chi connectivity index (χ1n) is 5.94. The van der Waals surface area contributed by atoms with Gasteiger partial charge >= 0.3 is 5.97 Å². The normalized spacial score (nSPS) is 17.8. The highest BCUT2D eigenvalue weighted by molar-refractivity contribution is 5.76. The van der Waals surface area contributed by atoms with Crippen LogP contribution in [-0.4, -0.2) is 21.0 Å². The van der Waals surface area contributed by atoms with Gasteiger partial charge in [-0.15, -0.1) is 0 Å². The van der Waals surface area contributed by atoms with Crippen LogP contribution in [0.3, 0.4) is 0 Å². The van der Waals surface area contributed by atoms with E-state index in [1.54, 1.807) is 12.4 Å². The lowest BCUT2D eigenvalue weighted by atomic mass is 9.77. The van der Waals surface area contributed by atoms with E-state index in [1.165, 1.54) is 0 Å². The van der Waals surface area contributed by atoms with E-state index in [0.717, 1.165) is 18.7 Å². The van der Waals surface area contributed by atoms with Crippen molar-refractivity contribution < 1.29 is 9.90 Å². The summed E-state index contributed by atoms with van der Waals surface area (Å²) in [6, 6.07) is 0. The van der Waals surface area contributed by atoms with E-state index in [1.807, 2.05) is 20.8 Å². The quantitative estimate of drug-likeness (QED) is 0.873. The number of hydrogen-bond acceptors (Lipinski definition) is 3. The molecule has 2 rings (SSSR count). The minimum atomic E-state index is -0.819. The fraction of sp³-hybridized carbons (Fsp3) is 0.615. The molecule has 92 valence electrons. The van der Waals surface area contributed by atoms with Crippen LogP contribution in [0.25, 0.3) is 0 Å². The predicted molar refractivity (Wildman–Crippen MR) is 63.8 cm³/mol. The fourth-order valence-corrected chi connectivity index (χ4v) is 2.06. The Kier molecular flexibility index (Phi) is 2.89. The molecule has 1 aliphatic carbocycles. The molecule has 1 aromatic heterocycles. The van der Waals surface area contributed by atoms with Crippen LogP contribution in [-0.2, 0) is 4.79 Å². The lowest BCUT2D eigenvalue weighted by Gasteiger charge is -2.26. The van der Waals surface area contributed by atoms with E-state index in [2.05, 4.69) is 9.97 Å². The van der Waals surface area contributed by atoms with Gasteiger partial charge in [-0.25, -0.2) is 9.97 Å². The Balaban J connectivity index is 2.27. The average molecular weight is 234 g/mol. The van der Waals surface area contributed by atoms with Crippen molar-refractivity contribution in [1.82, 2.24) is 9.97 Å². The van der Waals surface area contributed by atoms with Crippen molar-refractivity contribution in [3.05, 3.63) is 23.8 Å². The van der Waals surface area contributed by atoms with Crippen molar-refractivity contribution in [1.29, 1.82) is 0 Å².